The van der Waals surface area contributed by atoms with Crippen molar-refractivity contribution in [2.75, 3.05) is 5.73 Å². The van der Waals surface area contributed by atoms with Crippen molar-refractivity contribution >= 4 is 5.82 Å². The second-order valence-corrected chi connectivity index (χ2v) is 6.62. The molecule has 0 spiro atoms. The van der Waals surface area contributed by atoms with Gasteiger partial charge >= 0.3 is 0 Å². The highest BCUT2D eigenvalue weighted by Crippen LogP contribution is 2.69. The normalized spacial score (nSPS) is 22.0. The minimum absolute atomic E-state index is 0.116. The van der Waals surface area contributed by atoms with Gasteiger partial charge in [-0.25, -0.2) is 4.98 Å². The Hall–Kier alpha value is -2.69. The van der Waals surface area contributed by atoms with Crippen molar-refractivity contribution in [2.24, 2.45) is 5.41 Å². The van der Waals surface area contributed by atoms with Crippen LogP contribution < -0.4 is 5.73 Å². The van der Waals surface area contributed by atoms with Gasteiger partial charge in [-0.2, -0.15) is 4.98 Å². The van der Waals surface area contributed by atoms with E-state index in [0.29, 0.717) is 23.5 Å². The second-order valence-electron chi connectivity index (χ2n) is 6.62. The van der Waals surface area contributed by atoms with Crippen molar-refractivity contribution in [3.63, 3.8) is 0 Å². The fourth-order valence-corrected chi connectivity index (χ4v) is 3.40. The zero-order chi connectivity index (χ0) is 16.0. The fourth-order valence-electron chi connectivity index (χ4n) is 3.40. The lowest BCUT2D eigenvalue weighted by Crippen LogP contribution is -1.91. The van der Waals surface area contributed by atoms with Gasteiger partial charge < -0.3 is 10.3 Å². The second kappa shape index (κ2) is 4.91. The standard InChI is InChI=1S/C18H18N4O/c1-18(2)14(11-6-4-3-5-7-11)15(18)17-21-16(22-23-17)12-8-9-13(19)20-10-12/h3-10,14-15H,1-2H3,(H2,19,20)/t14-,15+/m0/s1. The monoisotopic (exact) mass is 306 g/mol. The van der Waals surface area contributed by atoms with Gasteiger partial charge in [-0.05, 0) is 23.1 Å². The molecule has 1 aliphatic carbocycles. The molecular formula is C18H18N4O. The Morgan fingerprint density at radius 1 is 1.04 bits per heavy atom. The smallest absolute Gasteiger partial charge is 0.231 e. The molecule has 0 aliphatic heterocycles. The number of anilines is 1. The van der Waals surface area contributed by atoms with Gasteiger partial charge in [-0.3, -0.25) is 0 Å². The van der Waals surface area contributed by atoms with Crippen LogP contribution in [0.25, 0.3) is 11.4 Å². The molecule has 5 heteroatoms. The maximum Gasteiger partial charge on any atom is 0.231 e. The SMILES string of the molecule is CC1(C)[C@@H](c2ccccc2)[C@@H]1c1nc(-c2ccc(N)nc2)no1. The molecule has 0 radical (unpaired) electrons. The number of hydrogen-bond acceptors (Lipinski definition) is 5. The molecule has 1 aliphatic rings. The van der Waals surface area contributed by atoms with Gasteiger partial charge in [-0.15, -0.1) is 0 Å². The molecule has 2 atom stereocenters. The Kier molecular flexibility index (Phi) is 2.98. The summed E-state index contributed by atoms with van der Waals surface area (Å²) in [6, 6.07) is 14.1. The summed E-state index contributed by atoms with van der Waals surface area (Å²) in [7, 11) is 0. The Bertz CT molecular complexity index is 824. The summed E-state index contributed by atoms with van der Waals surface area (Å²) in [6.45, 7) is 4.48. The predicted octanol–water partition coefficient (Wildman–Crippen LogP) is 3.62. The molecule has 0 amide bonds. The van der Waals surface area contributed by atoms with Crippen LogP contribution in [0, 0.1) is 5.41 Å². The largest absolute Gasteiger partial charge is 0.384 e. The van der Waals surface area contributed by atoms with Crippen LogP contribution in [-0.2, 0) is 0 Å². The van der Waals surface area contributed by atoms with Crippen LogP contribution in [-0.4, -0.2) is 15.1 Å². The molecule has 1 aromatic carbocycles. The fraction of sp³-hybridized carbons (Fsp3) is 0.278. The van der Waals surface area contributed by atoms with Crippen LogP contribution in [0.4, 0.5) is 5.82 Å². The molecular weight excluding hydrogens is 288 g/mol. The number of nitrogen functional groups attached to an aromatic ring is 1. The lowest BCUT2D eigenvalue weighted by molar-refractivity contribution is 0.368. The van der Waals surface area contributed by atoms with Crippen LogP contribution in [0.3, 0.4) is 0 Å². The Labute approximate surface area is 134 Å². The van der Waals surface area contributed by atoms with Crippen molar-refractivity contribution < 1.29 is 4.52 Å². The molecule has 2 N–H and O–H groups in total. The molecule has 2 heterocycles. The highest BCUT2D eigenvalue weighted by molar-refractivity contribution is 5.55. The van der Waals surface area contributed by atoms with E-state index >= 15 is 0 Å². The first-order chi connectivity index (χ1) is 11.1. The third-order valence-electron chi connectivity index (χ3n) is 4.74. The number of aromatic nitrogens is 3. The third kappa shape index (κ3) is 2.29. The first-order valence-electron chi connectivity index (χ1n) is 7.68. The maximum atomic E-state index is 5.61. The summed E-state index contributed by atoms with van der Waals surface area (Å²) in [6.07, 6.45) is 1.66. The topological polar surface area (TPSA) is 77.8 Å². The molecule has 23 heavy (non-hydrogen) atoms. The van der Waals surface area contributed by atoms with Crippen molar-refractivity contribution in [3.8, 4) is 11.4 Å². The molecule has 4 rings (SSSR count). The molecule has 3 aromatic rings. The van der Waals surface area contributed by atoms with Gasteiger partial charge in [0.25, 0.3) is 0 Å². The van der Waals surface area contributed by atoms with E-state index in [9.17, 15) is 0 Å². The Morgan fingerprint density at radius 2 is 1.83 bits per heavy atom. The van der Waals surface area contributed by atoms with E-state index in [-0.39, 0.29) is 11.3 Å². The zero-order valence-corrected chi connectivity index (χ0v) is 13.1. The van der Waals surface area contributed by atoms with E-state index in [4.69, 9.17) is 10.3 Å². The molecule has 5 nitrogen and oxygen atoms in total. The molecule has 1 saturated carbocycles. The molecule has 116 valence electrons. The van der Waals surface area contributed by atoms with Crippen LogP contribution in [0.15, 0.2) is 53.2 Å². The average molecular weight is 306 g/mol. The molecule has 0 bridgehead atoms. The van der Waals surface area contributed by atoms with Crippen LogP contribution >= 0.6 is 0 Å². The number of rotatable bonds is 3. The van der Waals surface area contributed by atoms with Gasteiger partial charge in [0, 0.05) is 17.7 Å². The van der Waals surface area contributed by atoms with Gasteiger partial charge in [-0.1, -0.05) is 49.3 Å². The van der Waals surface area contributed by atoms with E-state index in [0.717, 1.165) is 5.56 Å². The van der Waals surface area contributed by atoms with Crippen LogP contribution in [0.1, 0.15) is 37.1 Å². The van der Waals surface area contributed by atoms with E-state index in [2.05, 4.69) is 53.2 Å². The number of benzene rings is 1. The quantitative estimate of drug-likeness (QED) is 0.799. The van der Waals surface area contributed by atoms with E-state index in [1.54, 1.807) is 12.3 Å². The number of hydrogen-bond donors (Lipinski definition) is 1. The number of nitrogens with zero attached hydrogens (tertiary/aromatic N) is 3. The summed E-state index contributed by atoms with van der Waals surface area (Å²) < 4.78 is 5.54. The van der Waals surface area contributed by atoms with Crippen molar-refractivity contribution in [1.82, 2.24) is 15.1 Å². The first-order valence-corrected chi connectivity index (χ1v) is 7.68. The molecule has 2 aromatic heterocycles. The lowest BCUT2D eigenvalue weighted by atomic mass is 10.0. The highest BCUT2D eigenvalue weighted by atomic mass is 16.5. The third-order valence-corrected chi connectivity index (χ3v) is 4.74. The predicted molar refractivity (Wildman–Crippen MR) is 87.6 cm³/mol. The lowest BCUT2D eigenvalue weighted by Gasteiger charge is -2.01. The van der Waals surface area contributed by atoms with E-state index in [1.165, 1.54) is 5.56 Å². The van der Waals surface area contributed by atoms with Crippen molar-refractivity contribution in [2.45, 2.75) is 25.7 Å². The summed E-state index contributed by atoms with van der Waals surface area (Å²) in [5.41, 5.74) is 7.85. The highest BCUT2D eigenvalue weighted by Gasteiger charge is 2.61. The minimum atomic E-state index is 0.116. The van der Waals surface area contributed by atoms with Crippen molar-refractivity contribution in [3.05, 3.63) is 60.1 Å². The Balaban J connectivity index is 1.63. The van der Waals surface area contributed by atoms with Gasteiger partial charge in [0.05, 0.1) is 5.92 Å². The summed E-state index contributed by atoms with van der Waals surface area (Å²) in [4.78, 5) is 8.66. The number of pyridine rings is 1. The van der Waals surface area contributed by atoms with E-state index in [1.807, 2.05) is 12.1 Å². The van der Waals surface area contributed by atoms with Gasteiger partial charge in [0.15, 0.2) is 0 Å². The van der Waals surface area contributed by atoms with E-state index < -0.39 is 0 Å². The Morgan fingerprint density at radius 3 is 2.52 bits per heavy atom. The van der Waals surface area contributed by atoms with Gasteiger partial charge in [0.1, 0.15) is 5.82 Å². The number of nitrogens with two attached hydrogens (primary N) is 1. The summed E-state index contributed by atoms with van der Waals surface area (Å²) >= 11 is 0. The summed E-state index contributed by atoms with van der Waals surface area (Å²) in [5, 5.41) is 4.10. The van der Waals surface area contributed by atoms with Crippen LogP contribution in [0.2, 0.25) is 0 Å². The maximum absolute atomic E-state index is 5.61. The first kappa shape index (κ1) is 13.9. The average Bonchev–Trinajstić information content (AvgIpc) is 2.91. The minimum Gasteiger partial charge on any atom is -0.384 e. The summed E-state index contributed by atoms with van der Waals surface area (Å²) in [5.74, 6) is 2.37. The molecule has 0 unspecified atom stereocenters. The van der Waals surface area contributed by atoms with Gasteiger partial charge in [0.2, 0.25) is 11.7 Å². The molecule has 0 saturated heterocycles. The molecule has 1 fully saturated rings. The van der Waals surface area contributed by atoms with Crippen molar-refractivity contribution in [1.29, 1.82) is 0 Å². The zero-order valence-electron chi connectivity index (χ0n) is 13.1. The van der Waals surface area contributed by atoms with Crippen LogP contribution in [0.5, 0.6) is 0 Å².